The van der Waals surface area contributed by atoms with Crippen LogP contribution in [-0.2, 0) is 9.59 Å². The van der Waals surface area contributed by atoms with Crippen LogP contribution in [0.4, 0.5) is 5.82 Å². The summed E-state index contributed by atoms with van der Waals surface area (Å²) in [5.41, 5.74) is 0.183. The SMILES string of the molecule is CC1CCN(c2c(-c3ncncc3Cl)c(C(C(=O)O)C(=O)O)nc3ncnn23)CC1. The van der Waals surface area contributed by atoms with Crippen LogP contribution in [0, 0.1) is 5.92 Å². The van der Waals surface area contributed by atoms with Crippen LogP contribution in [0.3, 0.4) is 0 Å². The largest absolute Gasteiger partial charge is 0.480 e. The van der Waals surface area contributed by atoms with E-state index in [2.05, 4.69) is 32.0 Å². The molecule has 0 unspecified atom stereocenters. The summed E-state index contributed by atoms with van der Waals surface area (Å²) in [7, 11) is 0. The number of nitrogens with zero attached hydrogens (tertiary/aromatic N) is 7. The number of carbonyl (C=O) groups is 2. The molecule has 3 aromatic rings. The second-order valence-electron chi connectivity index (χ2n) is 7.17. The summed E-state index contributed by atoms with van der Waals surface area (Å²) < 4.78 is 1.47. The van der Waals surface area contributed by atoms with Gasteiger partial charge in [0.25, 0.3) is 5.78 Å². The number of carboxylic acids is 2. The fraction of sp³-hybridized carbons (Fsp3) is 0.389. The maximum Gasteiger partial charge on any atom is 0.324 e. The summed E-state index contributed by atoms with van der Waals surface area (Å²) >= 11 is 6.34. The van der Waals surface area contributed by atoms with E-state index in [0.717, 1.165) is 12.8 Å². The Morgan fingerprint density at radius 2 is 1.87 bits per heavy atom. The van der Waals surface area contributed by atoms with Crippen LogP contribution in [0.2, 0.25) is 5.02 Å². The minimum Gasteiger partial charge on any atom is -0.480 e. The van der Waals surface area contributed by atoms with Gasteiger partial charge in [0.05, 0.1) is 22.0 Å². The van der Waals surface area contributed by atoms with Crippen molar-refractivity contribution in [3.8, 4) is 11.3 Å². The number of carboxylic acid groups (broad SMARTS) is 2. The molecule has 1 saturated heterocycles. The number of hydrogen-bond acceptors (Lipinski definition) is 8. The summed E-state index contributed by atoms with van der Waals surface area (Å²) in [6, 6.07) is 0. The van der Waals surface area contributed by atoms with Crippen molar-refractivity contribution in [2.24, 2.45) is 5.92 Å². The first kappa shape index (κ1) is 20.0. The Kier molecular flexibility index (Phi) is 5.20. The van der Waals surface area contributed by atoms with Gasteiger partial charge < -0.3 is 15.1 Å². The molecule has 1 aliphatic rings. The van der Waals surface area contributed by atoms with Crippen LogP contribution < -0.4 is 4.90 Å². The van der Waals surface area contributed by atoms with E-state index < -0.39 is 17.9 Å². The first-order chi connectivity index (χ1) is 14.4. The van der Waals surface area contributed by atoms with E-state index in [1.54, 1.807) is 0 Å². The normalized spacial score (nSPS) is 15.1. The maximum atomic E-state index is 11.9. The average molecular weight is 432 g/mol. The summed E-state index contributed by atoms with van der Waals surface area (Å²) in [5.74, 6) is -3.94. The predicted octanol–water partition coefficient (Wildman–Crippen LogP) is 1.72. The highest BCUT2D eigenvalue weighted by Crippen LogP contribution is 2.40. The Balaban J connectivity index is 2.08. The van der Waals surface area contributed by atoms with Gasteiger partial charge >= 0.3 is 11.9 Å². The molecule has 0 aromatic carbocycles. The van der Waals surface area contributed by atoms with Crippen LogP contribution in [-0.4, -0.2) is 64.8 Å². The second-order valence-corrected chi connectivity index (χ2v) is 7.57. The molecule has 30 heavy (non-hydrogen) atoms. The molecule has 4 rings (SSSR count). The van der Waals surface area contributed by atoms with Gasteiger partial charge in [-0.3, -0.25) is 9.59 Å². The van der Waals surface area contributed by atoms with Gasteiger partial charge in [-0.1, -0.05) is 18.5 Å². The Labute approximate surface area is 175 Å². The molecule has 0 spiro atoms. The number of aliphatic carboxylic acids is 2. The monoisotopic (exact) mass is 431 g/mol. The van der Waals surface area contributed by atoms with Crippen molar-refractivity contribution in [2.75, 3.05) is 18.0 Å². The van der Waals surface area contributed by atoms with Crippen molar-refractivity contribution in [1.82, 2.24) is 29.5 Å². The fourth-order valence-corrected chi connectivity index (χ4v) is 3.83. The van der Waals surface area contributed by atoms with Crippen LogP contribution in [0.1, 0.15) is 31.4 Å². The molecule has 0 radical (unpaired) electrons. The van der Waals surface area contributed by atoms with E-state index in [1.165, 1.54) is 23.4 Å². The standard InChI is InChI=1S/C18H18ClN7O4/c1-9-2-4-25(5-3-9)15-11(13-10(19)6-20-7-21-13)14(12(16(27)28)17(29)30)24-18-22-8-23-26(15)18/h6-9,12H,2-5H2,1H3,(H,27,28)(H,29,30). The smallest absolute Gasteiger partial charge is 0.324 e. The van der Waals surface area contributed by atoms with Crippen molar-refractivity contribution < 1.29 is 19.8 Å². The lowest BCUT2D eigenvalue weighted by Crippen LogP contribution is -2.35. The lowest BCUT2D eigenvalue weighted by atomic mass is 9.95. The molecule has 12 heteroatoms. The quantitative estimate of drug-likeness (QED) is 0.572. The second kappa shape index (κ2) is 7.82. The van der Waals surface area contributed by atoms with Crippen molar-refractivity contribution >= 4 is 35.1 Å². The summed E-state index contributed by atoms with van der Waals surface area (Å²) in [4.78, 5) is 42.2. The minimum atomic E-state index is -1.94. The highest BCUT2D eigenvalue weighted by atomic mass is 35.5. The number of halogens is 1. The Morgan fingerprint density at radius 3 is 2.50 bits per heavy atom. The molecule has 0 saturated carbocycles. The first-order valence-electron chi connectivity index (χ1n) is 9.28. The highest BCUT2D eigenvalue weighted by molar-refractivity contribution is 6.33. The number of hydrogen-bond donors (Lipinski definition) is 2. The number of anilines is 1. The van der Waals surface area contributed by atoms with E-state index in [9.17, 15) is 19.8 Å². The minimum absolute atomic E-state index is 0.0973. The maximum absolute atomic E-state index is 11.9. The van der Waals surface area contributed by atoms with Gasteiger partial charge in [-0.25, -0.2) is 15.0 Å². The zero-order valence-electron chi connectivity index (χ0n) is 15.9. The summed E-state index contributed by atoms with van der Waals surface area (Å²) in [6.07, 6.45) is 5.72. The van der Waals surface area contributed by atoms with Gasteiger partial charge in [0, 0.05) is 19.3 Å². The molecule has 4 heterocycles. The van der Waals surface area contributed by atoms with Crippen molar-refractivity contribution in [3.05, 3.63) is 29.6 Å². The Morgan fingerprint density at radius 1 is 1.17 bits per heavy atom. The molecule has 3 aromatic heterocycles. The fourth-order valence-electron chi connectivity index (χ4n) is 3.63. The van der Waals surface area contributed by atoms with Gasteiger partial charge in [-0.2, -0.15) is 14.6 Å². The molecule has 0 amide bonds. The molecule has 1 fully saturated rings. The van der Waals surface area contributed by atoms with Crippen LogP contribution in [0.25, 0.3) is 17.0 Å². The number of aromatic nitrogens is 6. The summed E-state index contributed by atoms with van der Waals surface area (Å²) in [5, 5.41) is 23.7. The molecule has 11 nitrogen and oxygen atoms in total. The van der Waals surface area contributed by atoms with Crippen molar-refractivity contribution in [2.45, 2.75) is 25.7 Å². The average Bonchev–Trinajstić information content (AvgIpc) is 3.16. The molecular weight excluding hydrogens is 414 g/mol. The van der Waals surface area contributed by atoms with Gasteiger partial charge in [0.1, 0.15) is 18.5 Å². The number of rotatable bonds is 5. The molecule has 0 bridgehead atoms. The van der Waals surface area contributed by atoms with Crippen molar-refractivity contribution in [3.63, 3.8) is 0 Å². The topological polar surface area (TPSA) is 147 Å². The third-order valence-corrected chi connectivity index (χ3v) is 5.46. The summed E-state index contributed by atoms with van der Waals surface area (Å²) in [6.45, 7) is 3.49. The lowest BCUT2D eigenvalue weighted by molar-refractivity contribution is -0.150. The van der Waals surface area contributed by atoms with Crippen LogP contribution >= 0.6 is 11.6 Å². The predicted molar refractivity (Wildman–Crippen MR) is 105 cm³/mol. The van der Waals surface area contributed by atoms with E-state index in [0.29, 0.717) is 24.8 Å². The van der Waals surface area contributed by atoms with Crippen molar-refractivity contribution in [1.29, 1.82) is 0 Å². The van der Waals surface area contributed by atoms with Gasteiger partial charge in [0.2, 0.25) is 0 Å². The van der Waals surface area contributed by atoms with Gasteiger partial charge in [-0.15, -0.1) is 0 Å². The third kappa shape index (κ3) is 3.41. The van der Waals surface area contributed by atoms with E-state index in [-0.39, 0.29) is 27.8 Å². The first-order valence-corrected chi connectivity index (χ1v) is 9.66. The van der Waals surface area contributed by atoms with Gasteiger partial charge in [-0.05, 0) is 18.8 Å². The molecular formula is C18H18ClN7O4. The number of piperidine rings is 1. The zero-order valence-corrected chi connectivity index (χ0v) is 16.7. The molecule has 0 atom stereocenters. The third-order valence-electron chi connectivity index (χ3n) is 5.19. The van der Waals surface area contributed by atoms with Crippen LogP contribution in [0.15, 0.2) is 18.9 Å². The van der Waals surface area contributed by atoms with E-state index >= 15 is 0 Å². The zero-order chi connectivity index (χ0) is 21.4. The molecule has 2 N–H and O–H groups in total. The van der Waals surface area contributed by atoms with E-state index in [4.69, 9.17) is 11.6 Å². The Bertz CT molecular complexity index is 1110. The molecule has 0 aliphatic carbocycles. The molecule has 1 aliphatic heterocycles. The number of fused-ring (bicyclic) bond motifs is 1. The molecule has 156 valence electrons. The van der Waals surface area contributed by atoms with Crippen LogP contribution in [0.5, 0.6) is 0 Å². The lowest BCUT2D eigenvalue weighted by Gasteiger charge is -2.33. The highest BCUT2D eigenvalue weighted by Gasteiger charge is 2.37. The van der Waals surface area contributed by atoms with Gasteiger partial charge in [0.15, 0.2) is 5.92 Å². The van der Waals surface area contributed by atoms with E-state index in [1.807, 2.05) is 4.90 Å². The Hall–Kier alpha value is -3.34.